The lowest BCUT2D eigenvalue weighted by atomic mass is 10.0. The van der Waals surface area contributed by atoms with Gasteiger partial charge in [-0.15, -0.1) is 0 Å². The van der Waals surface area contributed by atoms with Crippen molar-refractivity contribution >= 4 is 27.7 Å². The molecule has 4 heteroatoms. The summed E-state index contributed by atoms with van der Waals surface area (Å²) in [5.74, 6) is -0.142. The van der Waals surface area contributed by atoms with E-state index in [4.69, 9.17) is 4.74 Å². The van der Waals surface area contributed by atoms with E-state index < -0.39 is 0 Å². The van der Waals surface area contributed by atoms with E-state index >= 15 is 0 Å². The first-order valence-corrected chi connectivity index (χ1v) is 6.49. The predicted octanol–water partition coefficient (Wildman–Crippen LogP) is 2.29. The van der Waals surface area contributed by atoms with Gasteiger partial charge in [0.1, 0.15) is 0 Å². The highest BCUT2D eigenvalue weighted by molar-refractivity contribution is 9.10. The molecule has 17 heavy (non-hydrogen) atoms. The molecule has 1 unspecified atom stereocenters. The lowest BCUT2D eigenvalue weighted by molar-refractivity contribution is -0.142. The van der Waals surface area contributed by atoms with E-state index in [1.807, 2.05) is 18.2 Å². The Bertz CT molecular complexity index is 468. The summed E-state index contributed by atoms with van der Waals surface area (Å²) in [5, 5.41) is 0. The minimum atomic E-state index is -0.244. The van der Waals surface area contributed by atoms with Gasteiger partial charge in [0.15, 0.2) is 5.78 Å². The molecule has 90 valence electrons. The summed E-state index contributed by atoms with van der Waals surface area (Å²) in [6.07, 6.45) is 0.897. The number of alkyl halides is 1. The van der Waals surface area contributed by atoms with Crippen molar-refractivity contribution in [3.05, 3.63) is 34.9 Å². The molecule has 0 saturated heterocycles. The van der Waals surface area contributed by atoms with Crippen molar-refractivity contribution in [3.8, 4) is 0 Å². The summed E-state index contributed by atoms with van der Waals surface area (Å²) in [5.41, 5.74) is 2.61. The maximum Gasteiger partial charge on any atom is 0.310 e. The molecule has 3 nitrogen and oxygen atoms in total. The minimum absolute atomic E-state index is 0.103. The third-order valence-corrected chi connectivity index (χ3v) is 3.59. The van der Waals surface area contributed by atoms with Crippen LogP contribution in [0.5, 0.6) is 0 Å². The van der Waals surface area contributed by atoms with Crippen LogP contribution in [0.15, 0.2) is 18.2 Å². The molecule has 0 N–H and O–H groups in total. The molecule has 1 atom stereocenters. The van der Waals surface area contributed by atoms with Gasteiger partial charge in [0.2, 0.25) is 0 Å². The zero-order valence-corrected chi connectivity index (χ0v) is 11.1. The second-order valence-corrected chi connectivity index (χ2v) is 5.07. The Morgan fingerprint density at radius 1 is 1.53 bits per heavy atom. The number of carbonyl (C=O) groups is 2. The highest BCUT2D eigenvalue weighted by Gasteiger charge is 2.30. The summed E-state index contributed by atoms with van der Waals surface area (Å²) < 4.78 is 4.92. The van der Waals surface area contributed by atoms with Gasteiger partial charge >= 0.3 is 5.97 Å². The molecular formula is C13H13BrO3. The van der Waals surface area contributed by atoms with Gasteiger partial charge in [-0.1, -0.05) is 34.1 Å². The number of hydrogen-bond acceptors (Lipinski definition) is 3. The Morgan fingerprint density at radius 3 is 3.00 bits per heavy atom. The SMILES string of the molecule is CCOC(=O)Cc1cccc2c1CC(Br)C2=O. The smallest absolute Gasteiger partial charge is 0.310 e. The van der Waals surface area contributed by atoms with Crippen LogP contribution in [0.1, 0.15) is 28.4 Å². The Balaban J connectivity index is 2.26. The fraction of sp³-hybridized carbons (Fsp3) is 0.385. The molecule has 2 rings (SSSR count). The molecule has 0 spiro atoms. The third-order valence-electron chi connectivity index (χ3n) is 2.85. The standard InChI is InChI=1S/C13H13BrO3/c1-2-17-12(15)6-8-4-3-5-9-10(8)7-11(14)13(9)16/h3-5,11H,2,6-7H2,1H3. The van der Waals surface area contributed by atoms with Crippen LogP contribution in [-0.4, -0.2) is 23.2 Å². The van der Waals surface area contributed by atoms with Crippen molar-refractivity contribution in [2.45, 2.75) is 24.6 Å². The van der Waals surface area contributed by atoms with Crippen molar-refractivity contribution < 1.29 is 14.3 Å². The summed E-state index contributed by atoms with van der Waals surface area (Å²) in [6.45, 7) is 2.17. The maximum absolute atomic E-state index is 11.8. The molecular weight excluding hydrogens is 284 g/mol. The van der Waals surface area contributed by atoms with Crippen molar-refractivity contribution in [1.29, 1.82) is 0 Å². The molecule has 0 radical (unpaired) electrons. The van der Waals surface area contributed by atoms with Crippen molar-refractivity contribution in [2.24, 2.45) is 0 Å². The highest BCUT2D eigenvalue weighted by Crippen LogP contribution is 2.29. The average molecular weight is 297 g/mol. The summed E-state index contributed by atoms with van der Waals surface area (Å²) in [4.78, 5) is 23.1. The predicted molar refractivity (Wildman–Crippen MR) is 67.5 cm³/mol. The lowest BCUT2D eigenvalue weighted by Crippen LogP contribution is -2.09. The van der Waals surface area contributed by atoms with Gasteiger partial charge in [0, 0.05) is 5.56 Å². The first kappa shape index (κ1) is 12.3. The second kappa shape index (κ2) is 5.00. The Labute approximate surface area is 108 Å². The minimum Gasteiger partial charge on any atom is -0.466 e. The number of ether oxygens (including phenoxy) is 1. The molecule has 0 aromatic heterocycles. The van der Waals surface area contributed by atoms with Crippen LogP contribution in [-0.2, 0) is 22.4 Å². The quantitative estimate of drug-likeness (QED) is 0.635. The number of Topliss-reactive ketones (excluding diaryl/α,β-unsaturated/α-hetero) is 1. The number of halogens is 1. The fourth-order valence-corrected chi connectivity index (χ4v) is 2.65. The number of rotatable bonds is 3. The zero-order valence-electron chi connectivity index (χ0n) is 9.53. The Hall–Kier alpha value is -1.16. The number of fused-ring (bicyclic) bond motifs is 1. The number of esters is 1. The summed E-state index contributed by atoms with van der Waals surface area (Å²) in [6, 6.07) is 5.51. The lowest BCUT2D eigenvalue weighted by Gasteiger charge is -2.06. The van der Waals surface area contributed by atoms with E-state index in [9.17, 15) is 9.59 Å². The number of carbonyl (C=O) groups excluding carboxylic acids is 2. The first-order valence-electron chi connectivity index (χ1n) is 5.58. The molecule has 0 heterocycles. The van der Waals surface area contributed by atoms with Gasteiger partial charge < -0.3 is 4.74 Å². The van der Waals surface area contributed by atoms with Crippen molar-refractivity contribution in [1.82, 2.24) is 0 Å². The fourth-order valence-electron chi connectivity index (χ4n) is 2.08. The van der Waals surface area contributed by atoms with Crippen LogP contribution < -0.4 is 0 Å². The third kappa shape index (κ3) is 2.41. The summed E-state index contributed by atoms with van der Waals surface area (Å²) >= 11 is 3.35. The molecule has 0 amide bonds. The molecule has 0 fully saturated rings. The van der Waals surface area contributed by atoms with Gasteiger partial charge in [0.25, 0.3) is 0 Å². The van der Waals surface area contributed by atoms with Crippen LogP contribution in [0.4, 0.5) is 0 Å². The summed E-state index contributed by atoms with van der Waals surface area (Å²) in [7, 11) is 0. The van der Waals surface area contributed by atoms with Crippen LogP contribution in [0, 0.1) is 0 Å². The Kier molecular flexibility index (Phi) is 3.62. The molecule has 0 bridgehead atoms. The number of ketones is 1. The van der Waals surface area contributed by atoms with E-state index in [-0.39, 0.29) is 23.0 Å². The maximum atomic E-state index is 11.8. The highest BCUT2D eigenvalue weighted by atomic mass is 79.9. The number of hydrogen-bond donors (Lipinski definition) is 0. The van der Waals surface area contributed by atoms with E-state index in [1.54, 1.807) is 6.92 Å². The van der Waals surface area contributed by atoms with Crippen molar-refractivity contribution in [3.63, 3.8) is 0 Å². The number of benzene rings is 1. The van der Waals surface area contributed by atoms with Crippen LogP contribution in [0.25, 0.3) is 0 Å². The molecule has 1 aliphatic rings. The van der Waals surface area contributed by atoms with Crippen molar-refractivity contribution in [2.75, 3.05) is 6.61 Å². The van der Waals surface area contributed by atoms with Gasteiger partial charge in [-0.05, 0) is 24.5 Å². The van der Waals surface area contributed by atoms with E-state index in [2.05, 4.69) is 15.9 Å². The molecule has 1 aliphatic carbocycles. The van der Waals surface area contributed by atoms with Crippen LogP contribution in [0.2, 0.25) is 0 Å². The topological polar surface area (TPSA) is 43.4 Å². The monoisotopic (exact) mass is 296 g/mol. The average Bonchev–Trinajstić information content (AvgIpc) is 2.58. The van der Waals surface area contributed by atoms with Gasteiger partial charge in [-0.25, -0.2) is 0 Å². The van der Waals surface area contributed by atoms with E-state index in [1.165, 1.54) is 0 Å². The molecule has 1 aromatic rings. The largest absolute Gasteiger partial charge is 0.466 e. The van der Waals surface area contributed by atoms with E-state index in [0.717, 1.165) is 16.7 Å². The van der Waals surface area contributed by atoms with E-state index in [0.29, 0.717) is 13.0 Å². The van der Waals surface area contributed by atoms with Crippen LogP contribution >= 0.6 is 15.9 Å². The zero-order chi connectivity index (χ0) is 12.4. The van der Waals surface area contributed by atoms with Crippen LogP contribution in [0.3, 0.4) is 0 Å². The normalized spacial score (nSPS) is 18.0. The second-order valence-electron chi connectivity index (χ2n) is 3.96. The molecule has 1 aromatic carbocycles. The molecule has 0 aliphatic heterocycles. The van der Waals surface area contributed by atoms with Gasteiger partial charge in [-0.2, -0.15) is 0 Å². The molecule has 0 saturated carbocycles. The first-order chi connectivity index (χ1) is 8.13. The van der Waals surface area contributed by atoms with Gasteiger partial charge in [-0.3, -0.25) is 9.59 Å². The van der Waals surface area contributed by atoms with Gasteiger partial charge in [0.05, 0.1) is 17.9 Å². The Morgan fingerprint density at radius 2 is 2.29 bits per heavy atom.